The molecule has 1 aromatic heterocycles. The summed E-state index contributed by atoms with van der Waals surface area (Å²) in [6, 6.07) is 8.45. The average Bonchev–Trinajstić information content (AvgIpc) is 2.46. The number of piperazine rings is 1. The summed E-state index contributed by atoms with van der Waals surface area (Å²) in [6.45, 7) is 10.3. The SMILES string of the molecule is Cc1cc(C)cc(Nc2cc(C)nc(N3CCN(C)CC3)n2)c1. The number of likely N-dealkylation sites (N-methyl/N-ethyl adjacent to an activating group) is 1. The van der Waals surface area contributed by atoms with Gasteiger partial charge in [0.15, 0.2) is 0 Å². The van der Waals surface area contributed by atoms with Crippen LogP contribution in [0, 0.1) is 20.8 Å². The first-order valence-corrected chi connectivity index (χ1v) is 8.14. The maximum absolute atomic E-state index is 4.72. The quantitative estimate of drug-likeness (QED) is 0.944. The fourth-order valence-corrected chi connectivity index (χ4v) is 2.96. The van der Waals surface area contributed by atoms with Crippen molar-refractivity contribution in [1.82, 2.24) is 14.9 Å². The van der Waals surface area contributed by atoms with Gasteiger partial charge in [-0.05, 0) is 51.1 Å². The summed E-state index contributed by atoms with van der Waals surface area (Å²) < 4.78 is 0. The Bertz CT molecular complexity index is 670. The van der Waals surface area contributed by atoms with Gasteiger partial charge < -0.3 is 15.1 Å². The minimum absolute atomic E-state index is 0.824. The predicted molar refractivity (Wildman–Crippen MR) is 95.7 cm³/mol. The Labute approximate surface area is 138 Å². The summed E-state index contributed by atoms with van der Waals surface area (Å²) >= 11 is 0. The molecule has 2 aromatic rings. The van der Waals surface area contributed by atoms with Gasteiger partial charge in [-0.25, -0.2) is 4.98 Å². The van der Waals surface area contributed by atoms with Gasteiger partial charge in [0.2, 0.25) is 5.95 Å². The molecule has 3 rings (SSSR count). The number of hydrogen-bond donors (Lipinski definition) is 1. The van der Waals surface area contributed by atoms with Gasteiger partial charge in [-0.1, -0.05) is 6.07 Å². The van der Waals surface area contributed by atoms with Crippen molar-refractivity contribution in [2.24, 2.45) is 0 Å². The van der Waals surface area contributed by atoms with E-state index in [4.69, 9.17) is 4.98 Å². The lowest BCUT2D eigenvalue weighted by atomic mass is 10.1. The van der Waals surface area contributed by atoms with Crippen LogP contribution in [0.1, 0.15) is 16.8 Å². The highest BCUT2D eigenvalue weighted by Crippen LogP contribution is 2.21. The summed E-state index contributed by atoms with van der Waals surface area (Å²) in [6.07, 6.45) is 0. The highest BCUT2D eigenvalue weighted by Gasteiger charge is 2.17. The van der Waals surface area contributed by atoms with E-state index in [9.17, 15) is 0 Å². The molecule has 23 heavy (non-hydrogen) atoms. The van der Waals surface area contributed by atoms with Gasteiger partial charge in [0.05, 0.1) is 0 Å². The molecule has 1 N–H and O–H groups in total. The molecule has 0 amide bonds. The van der Waals surface area contributed by atoms with Gasteiger partial charge in [-0.3, -0.25) is 0 Å². The largest absolute Gasteiger partial charge is 0.340 e. The number of aryl methyl sites for hydroxylation is 3. The summed E-state index contributed by atoms with van der Waals surface area (Å²) in [7, 11) is 2.15. The maximum Gasteiger partial charge on any atom is 0.227 e. The second-order valence-electron chi connectivity index (χ2n) is 6.49. The van der Waals surface area contributed by atoms with Crippen molar-refractivity contribution >= 4 is 17.5 Å². The summed E-state index contributed by atoms with van der Waals surface area (Å²) in [5, 5.41) is 3.43. The van der Waals surface area contributed by atoms with Crippen molar-refractivity contribution in [3.05, 3.63) is 41.1 Å². The highest BCUT2D eigenvalue weighted by atomic mass is 15.3. The zero-order chi connectivity index (χ0) is 16.4. The van der Waals surface area contributed by atoms with E-state index in [2.05, 4.69) is 59.2 Å². The fraction of sp³-hybridized carbons (Fsp3) is 0.444. The highest BCUT2D eigenvalue weighted by molar-refractivity contribution is 5.59. The van der Waals surface area contributed by atoms with Crippen molar-refractivity contribution in [2.75, 3.05) is 43.4 Å². The van der Waals surface area contributed by atoms with E-state index in [1.54, 1.807) is 0 Å². The smallest absolute Gasteiger partial charge is 0.227 e. The molecule has 0 spiro atoms. The first-order chi connectivity index (χ1) is 11.0. The molecule has 1 fully saturated rings. The Morgan fingerprint density at radius 1 is 0.870 bits per heavy atom. The maximum atomic E-state index is 4.72. The van der Waals surface area contributed by atoms with Crippen LogP contribution in [-0.4, -0.2) is 48.1 Å². The van der Waals surface area contributed by atoms with E-state index in [1.165, 1.54) is 11.1 Å². The van der Waals surface area contributed by atoms with Crippen molar-refractivity contribution in [2.45, 2.75) is 20.8 Å². The Hall–Kier alpha value is -2.14. The molecule has 0 saturated carbocycles. The number of aromatic nitrogens is 2. The zero-order valence-corrected chi connectivity index (χ0v) is 14.4. The molecule has 1 aliphatic heterocycles. The van der Waals surface area contributed by atoms with E-state index < -0.39 is 0 Å². The first kappa shape index (κ1) is 15.7. The van der Waals surface area contributed by atoms with Crippen LogP contribution in [0.4, 0.5) is 17.5 Å². The normalized spacial score (nSPS) is 15.7. The second kappa shape index (κ2) is 6.54. The molecule has 0 unspecified atom stereocenters. The Kier molecular flexibility index (Phi) is 4.48. The van der Waals surface area contributed by atoms with Crippen LogP contribution in [0.2, 0.25) is 0 Å². The van der Waals surface area contributed by atoms with Crippen LogP contribution in [-0.2, 0) is 0 Å². The van der Waals surface area contributed by atoms with Crippen LogP contribution in [0.15, 0.2) is 24.3 Å². The molecule has 0 bridgehead atoms. The lowest BCUT2D eigenvalue weighted by Gasteiger charge is -2.32. The summed E-state index contributed by atoms with van der Waals surface area (Å²) in [4.78, 5) is 13.9. The van der Waals surface area contributed by atoms with Gasteiger partial charge in [-0.2, -0.15) is 4.98 Å². The van der Waals surface area contributed by atoms with E-state index >= 15 is 0 Å². The first-order valence-electron chi connectivity index (χ1n) is 8.14. The van der Waals surface area contributed by atoms with Crippen LogP contribution in [0.5, 0.6) is 0 Å². The van der Waals surface area contributed by atoms with Crippen molar-refractivity contribution in [1.29, 1.82) is 0 Å². The number of nitrogens with zero attached hydrogens (tertiary/aromatic N) is 4. The molecule has 122 valence electrons. The fourth-order valence-electron chi connectivity index (χ4n) is 2.96. The van der Waals surface area contributed by atoms with E-state index in [-0.39, 0.29) is 0 Å². The second-order valence-corrected chi connectivity index (χ2v) is 6.49. The average molecular weight is 311 g/mol. The lowest BCUT2D eigenvalue weighted by Crippen LogP contribution is -2.45. The molecule has 1 aliphatic rings. The molecule has 5 nitrogen and oxygen atoms in total. The standard InChI is InChI=1S/C18H25N5/c1-13-9-14(2)11-16(10-13)20-17-12-15(3)19-18(21-17)23-7-5-22(4)6-8-23/h9-12H,5-8H2,1-4H3,(H,19,20,21). The number of hydrogen-bond acceptors (Lipinski definition) is 5. The van der Waals surface area contributed by atoms with Gasteiger partial charge in [-0.15, -0.1) is 0 Å². The zero-order valence-electron chi connectivity index (χ0n) is 14.4. The van der Waals surface area contributed by atoms with Crippen LogP contribution in [0.3, 0.4) is 0 Å². The minimum atomic E-state index is 0.824. The van der Waals surface area contributed by atoms with Crippen molar-refractivity contribution < 1.29 is 0 Å². The Morgan fingerprint density at radius 2 is 1.52 bits per heavy atom. The van der Waals surface area contributed by atoms with Gasteiger partial charge in [0.25, 0.3) is 0 Å². The summed E-state index contributed by atoms with van der Waals surface area (Å²) in [5.74, 6) is 1.68. The van der Waals surface area contributed by atoms with Gasteiger partial charge in [0, 0.05) is 43.6 Å². The van der Waals surface area contributed by atoms with Crippen molar-refractivity contribution in [3.63, 3.8) is 0 Å². The monoisotopic (exact) mass is 311 g/mol. The third-order valence-corrected chi connectivity index (χ3v) is 4.12. The molecule has 2 heterocycles. The number of rotatable bonds is 3. The number of nitrogens with one attached hydrogen (secondary N) is 1. The van der Waals surface area contributed by atoms with Gasteiger partial charge in [0.1, 0.15) is 5.82 Å². The topological polar surface area (TPSA) is 44.3 Å². The molecule has 1 aromatic carbocycles. The molecular weight excluding hydrogens is 286 g/mol. The van der Waals surface area contributed by atoms with Crippen LogP contribution >= 0.6 is 0 Å². The minimum Gasteiger partial charge on any atom is -0.340 e. The molecule has 5 heteroatoms. The predicted octanol–water partition coefficient (Wildman–Crippen LogP) is 2.90. The van der Waals surface area contributed by atoms with Gasteiger partial charge >= 0.3 is 0 Å². The molecule has 0 atom stereocenters. The number of benzene rings is 1. The van der Waals surface area contributed by atoms with Crippen LogP contribution in [0.25, 0.3) is 0 Å². The number of anilines is 3. The van der Waals surface area contributed by atoms with Crippen molar-refractivity contribution in [3.8, 4) is 0 Å². The molecule has 0 radical (unpaired) electrons. The third kappa shape index (κ3) is 3.99. The Balaban J connectivity index is 1.82. The molecule has 0 aliphatic carbocycles. The molecule has 1 saturated heterocycles. The lowest BCUT2D eigenvalue weighted by molar-refractivity contribution is 0.311. The third-order valence-electron chi connectivity index (χ3n) is 4.12. The van der Waals surface area contributed by atoms with Crippen LogP contribution < -0.4 is 10.2 Å². The Morgan fingerprint density at radius 3 is 2.17 bits per heavy atom. The van der Waals surface area contributed by atoms with E-state index in [0.29, 0.717) is 0 Å². The van der Waals surface area contributed by atoms with E-state index in [0.717, 1.165) is 49.3 Å². The summed E-state index contributed by atoms with van der Waals surface area (Å²) in [5.41, 5.74) is 4.56. The molecular formula is C18H25N5. The van der Waals surface area contributed by atoms with E-state index in [1.807, 2.05) is 13.0 Å².